The van der Waals surface area contributed by atoms with Crippen LogP contribution in [0.25, 0.3) is 6.08 Å². The number of hydrogen-bond donors (Lipinski definition) is 1. The first-order chi connectivity index (χ1) is 12.5. The lowest BCUT2D eigenvalue weighted by atomic mass is 10.1. The van der Waals surface area contributed by atoms with Gasteiger partial charge in [-0.15, -0.1) is 0 Å². The van der Waals surface area contributed by atoms with E-state index in [1.807, 2.05) is 37.3 Å². The SMILES string of the molecule is CC(CCc1ccccc1)NC(=O)COC(=O)C=Cc1cccc(F)c1. The number of amides is 1. The Balaban J connectivity index is 1.68. The van der Waals surface area contributed by atoms with E-state index in [4.69, 9.17) is 4.74 Å². The Bertz CT molecular complexity index is 759. The van der Waals surface area contributed by atoms with E-state index in [0.717, 1.165) is 12.8 Å². The fourth-order valence-electron chi connectivity index (χ4n) is 2.38. The van der Waals surface area contributed by atoms with Gasteiger partial charge >= 0.3 is 5.97 Å². The normalized spacial score (nSPS) is 11.9. The first-order valence-electron chi connectivity index (χ1n) is 8.46. The Morgan fingerprint density at radius 2 is 1.92 bits per heavy atom. The Hall–Kier alpha value is -2.95. The van der Waals surface area contributed by atoms with E-state index in [0.29, 0.717) is 5.56 Å². The lowest BCUT2D eigenvalue weighted by molar-refractivity contribution is -0.144. The molecule has 0 aromatic heterocycles. The van der Waals surface area contributed by atoms with Gasteiger partial charge in [-0.2, -0.15) is 0 Å². The topological polar surface area (TPSA) is 55.4 Å². The number of rotatable bonds is 8. The predicted molar refractivity (Wildman–Crippen MR) is 98.8 cm³/mol. The number of hydrogen-bond acceptors (Lipinski definition) is 3. The zero-order chi connectivity index (χ0) is 18.8. The quantitative estimate of drug-likeness (QED) is 0.582. The second-order valence-corrected chi connectivity index (χ2v) is 5.99. The third kappa shape index (κ3) is 7.30. The highest BCUT2D eigenvalue weighted by atomic mass is 19.1. The highest BCUT2D eigenvalue weighted by Gasteiger charge is 2.09. The number of benzene rings is 2. The third-order valence-corrected chi connectivity index (χ3v) is 3.72. The zero-order valence-corrected chi connectivity index (χ0v) is 14.7. The van der Waals surface area contributed by atoms with E-state index in [1.54, 1.807) is 12.1 Å². The second kappa shape index (κ2) is 10.1. The zero-order valence-electron chi connectivity index (χ0n) is 14.7. The third-order valence-electron chi connectivity index (χ3n) is 3.72. The van der Waals surface area contributed by atoms with Crippen LogP contribution in [0.15, 0.2) is 60.7 Å². The fraction of sp³-hybridized carbons (Fsp3) is 0.238. The maximum atomic E-state index is 13.0. The molecule has 5 heteroatoms. The molecule has 1 atom stereocenters. The monoisotopic (exact) mass is 355 g/mol. The Kier molecular flexibility index (Phi) is 7.55. The van der Waals surface area contributed by atoms with Crippen LogP contribution in [0.5, 0.6) is 0 Å². The first-order valence-corrected chi connectivity index (χ1v) is 8.46. The van der Waals surface area contributed by atoms with Crippen molar-refractivity contribution >= 4 is 18.0 Å². The summed E-state index contributed by atoms with van der Waals surface area (Å²) in [5.41, 5.74) is 1.75. The number of ether oxygens (including phenoxy) is 1. The van der Waals surface area contributed by atoms with Crippen molar-refractivity contribution in [1.29, 1.82) is 0 Å². The summed E-state index contributed by atoms with van der Waals surface area (Å²) in [6.07, 6.45) is 4.26. The Morgan fingerprint density at radius 3 is 2.65 bits per heavy atom. The molecule has 0 bridgehead atoms. The molecule has 0 aliphatic heterocycles. The summed E-state index contributed by atoms with van der Waals surface area (Å²) in [6, 6.07) is 15.8. The molecule has 0 heterocycles. The highest BCUT2D eigenvalue weighted by molar-refractivity contribution is 5.89. The minimum Gasteiger partial charge on any atom is -0.452 e. The van der Waals surface area contributed by atoms with Crippen LogP contribution in [0.4, 0.5) is 4.39 Å². The maximum absolute atomic E-state index is 13.0. The molecule has 0 aliphatic carbocycles. The summed E-state index contributed by atoms with van der Waals surface area (Å²) >= 11 is 0. The molecular formula is C21H22FNO3. The molecule has 0 saturated carbocycles. The van der Waals surface area contributed by atoms with Gasteiger partial charge in [0, 0.05) is 12.1 Å². The van der Waals surface area contributed by atoms with Gasteiger partial charge in [-0.05, 0) is 49.1 Å². The van der Waals surface area contributed by atoms with Crippen LogP contribution < -0.4 is 5.32 Å². The Labute approximate surface area is 152 Å². The molecular weight excluding hydrogens is 333 g/mol. The molecule has 0 spiro atoms. The van der Waals surface area contributed by atoms with Gasteiger partial charge in [0.2, 0.25) is 0 Å². The van der Waals surface area contributed by atoms with Crippen LogP contribution in [0.3, 0.4) is 0 Å². The maximum Gasteiger partial charge on any atom is 0.331 e. The van der Waals surface area contributed by atoms with E-state index >= 15 is 0 Å². The summed E-state index contributed by atoms with van der Waals surface area (Å²) in [7, 11) is 0. The second-order valence-electron chi connectivity index (χ2n) is 5.99. The van der Waals surface area contributed by atoms with Crippen LogP contribution in [0, 0.1) is 5.82 Å². The van der Waals surface area contributed by atoms with Crippen LogP contribution in [-0.2, 0) is 20.7 Å². The molecule has 0 radical (unpaired) electrons. The van der Waals surface area contributed by atoms with Gasteiger partial charge in [0.15, 0.2) is 6.61 Å². The first kappa shape index (κ1) is 19.4. The van der Waals surface area contributed by atoms with Crippen LogP contribution in [0.2, 0.25) is 0 Å². The molecule has 136 valence electrons. The lowest BCUT2D eigenvalue weighted by Gasteiger charge is -2.13. The van der Waals surface area contributed by atoms with Crippen molar-refractivity contribution in [1.82, 2.24) is 5.32 Å². The summed E-state index contributed by atoms with van der Waals surface area (Å²) in [6.45, 7) is 1.56. The average Bonchev–Trinajstić information content (AvgIpc) is 2.64. The van der Waals surface area contributed by atoms with Crippen molar-refractivity contribution in [2.75, 3.05) is 6.61 Å². The molecule has 1 amide bonds. The summed E-state index contributed by atoms with van der Waals surface area (Å²) in [5, 5.41) is 2.80. The van der Waals surface area contributed by atoms with E-state index < -0.39 is 5.97 Å². The minimum atomic E-state index is -0.652. The van der Waals surface area contributed by atoms with Gasteiger partial charge < -0.3 is 10.1 Å². The van der Waals surface area contributed by atoms with Gasteiger partial charge in [-0.3, -0.25) is 4.79 Å². The number of carbonyl (C=O) groups is 2. The van der Waals surface area contributed by atoms with Crippen molar-refractivity contribution in [2.45, 2.75) is 25.8 Å². The van der Waals surface area contributed by atoms with Crippen LogP contribution in [-0.4, -0.2) is 24.5 Å². The summed E-state index contributed by atoms with van der Waals surface area (Å²) in [5.74, 6) is -1.39. The molecule has 1 N–H and O–H groups in total. The molecule has 1 unspecified atom stereocenters. The highest BCUT2D eigenvalue weighted by Crippen LogP contribution is 2.06. The van der Waals surface area contributed by atoms with Gasteiger partial charge in [0.1, 0.15) is 5.82 Å². The fourth-order valence-corrected chi connectivity index (χ4v) is 2.38. The van der Waals surface area contributed by atoms with Crippen LogP contribution >= 0.6 is 0 Å². The van der Waals surface area contributed by atoms with Crippen LogP contribution in [0.1, 0.15) is 24.5 Å². The van der Waals surface area contributed by atoms with Crippen molar-refractivity contribution in [3.05, 3.63) is 77.6 Å². The van der Waals surface area contributed by atoms with E-state index in [9.17, 15) is 14.0 Å². The number of nitrogens with one attached hydrogen (secondary N) is 1. The number of carbonyl (C=O) groups excluding carboxylic acids is 2. The predicted octanol–water partition coefficient (Wildman–Crippen LogP) is 3.52. The van der Waals surface area contributed by atoms with Crippen molar-refractivity contribution in [3.63, 3.8) is 0 Å². The smallest absolute Gasteiger partial charge is 0.331 e. The van der Waals surface area contributed by atoms with Crippen molar-refractivity contribution in [2.24, 2.45) is 0 Å². The number of halogens is 1. The van der Waals surface area contributed by atoms with Gasteiger partial charge in [-0.25, -0.2) is 9.18 Å². The van der Waals surface area contributed by atoms with E-state index in [-0.39, 0.29) is 24.4 Å². The molecule has 2 aromatic rings. The molecule has 0 fully saturated rings. The summed E-state index contributed by atoms with van der Waals surface area (Å²) < 4.78 is 17.9. The van der Waals surface area contributed by atoms with E-state index in [2.05, 4.69) is 5.32 Å². The van der Waals surface area contributed by atoms with Gasteiger partial charge in [0.05, 0.1) is 0 Å². The molecule has 2 aromatic carbocycles. The minimum absolute atomic E-state index is 0.0238. The number of esters is 1. The standard InChI is InChI=1S/C21H22FNO3/c1-16(10-11-17-6-3-2-4-7-17)23-20(24)15-26-21(25)13-12-18-8-5-9-19(22)14-18/h2-9,12-14,16H,10-11,15H2,1H3,(H,23,24). The lowest BCUT2D eigenvalue weighted by Crippen LogP contribution is -2.36. The van der Waals surface area contributed by atoms with E-state index in [1.165, 1.54) is 29.8 Å². The van der Waals surface area contributed by atoms with Gasteiger partial charge in [0.25, 0.3) is 5.91 Å². The molecule has 0 aliphatic rings. The Morgan fingerprint density at radius 1 is 1.15 bits per heavy atom. The average molecular weight is 355 g/mol. The molecule has 4 nitrogen and oxygen atoms in total. The molecule has 2 rings (SSSR count). The van der Waals surface area contributed by atoms with Crippen molar-refractivity contribution < 1.29 is 18.7 Å². The van der Waals surface area contributed by atoms with Crippen molar-refractivity contribution in [3.8, 4) is 0 Å². The largest absolute Gasteiger partial charge is 0.452 e. The molecule has 0 saturated heterocycles. The summed E-state index contributed by atoms with van der Waals surface area (Å²) in [4.78, 5) is 23.4. The molecule has 26 heavy (non-hydrogen) atoms. The number of aryl methyl sites for hydroxylation is 1. The van der Waals surface area contributed by atoms with Gasteiger partial charge in [-0.1, -0.05) is 42.5 Å².